The highest BCUT2D eigenvalue weighted by Crippen LogP contribution is 2.25. The fraction of sp³-hybridized carbons (Fsp3) is 0.136. The van der Waals surface area contributed by atoms with E-state index in [9.17, 15) is 17.6 Å². The second kappa shape index (κ2) is 10.1. The zero-order chi connectivity index (χ0) is 22.3. The van der Waals surface area contributed by atoms with Crippen LogP contribution in [-0.4, -0.2) is 27.5 Å². The molecular weight excluding hydrogens is 423 g/mol. The SMILES string of the molecule is CCOc1ccc(Oc2ccc(NC(=O)CNS(=O)(=O)c3ccccc3F)cc2)cc1. The van der Waals surface area contributed by atoms with Crippen LogP contribution in [0.5, 0.6) is 17.2 Å². The number of anilines is 1. The minimum Gasteiger partial charge on any atom is -0.494 e. The number of hydrogen-bond donors (Lipinski definition) is 2. The highest BCUT2D eigenvalue weighted by atomic mass is 32.2. The molecule has 0 aliphatic rings. The monoisotopic (exact) mass is 444 g/mol. The normalized spacial score (nSPS) is 11.0. The van der Waals surface area contributed by atoms with E-state index in [1.165, 1.54) is 12.1 Å². The van der Waals surface area contributed by atoms with Crippen molar-refractivity contribution >= 4 is 21.6 Å². The topological polar surface area (TPSA) is 93.7 Å². The van der Waals surface area contributed by atoms with Crippen molar-refractivity contribution in [2.75, 3.05) is 18.5 Å². The van der Waals surface area contributed by atoms with Gasteiger partial charge in [-0.05, 0) is 67.6 Å². The van der Waals surface area contributed by atoms with Gasteiger partial charge in [0, 0.05) is 5.69 Å². The van der Waals surface area contributed by atoms with Crippen LogP contribution in [-0.2, 0) is 14.8 Å². The Morgan fingerprint density at radius 2 is 1.48 bits per heavy atom. The number of halogens is 1. The van der Waals surface area contributed by atoms with Gasteiger partial charge in [-0.1, -0.05) is 12.1 Å². The van der Waals surface area contributed by atoms with Crippen molar-refractivity contribution < 1.29 is 27.1 Å². The Morgan fingerprint density at radius 1 is 0.903 bits per heavy atom. The van der Waals surface area contributed by atoms with Gasteiger partial charge in [0.1, 0.15) is 28.0 Å². The molecule has 0 aliphatic carbocycles. The van der Waals surface area contributed by atoms with E-state index in [-0.39, 0.29) is 0 Å². The van der Waals surface area contributed by atoms with Crippen LogP contribution in [0.3, 0.4) is 0 Å². The van der Waals surface area contributed by atoms with Crippen LogP contribution >= 0.6 is 0 Å². The molecule has 0 bridgehead atoms. The third-order valence-corrected chi connectivity index (χ3v) is 5.49. The maximum Gasteiger partial charge on any atom is 0.243 e. The van der Waals surface area contributed by atoms with Crippen LogP contribution in [0.2, 0.25) is 0 Å². The van der Waals surface area contributed by atoms with Gasteiger partial charge < -0.3 is 14.8 Å². The average molecular weight is 444 g/mol. The Hall–Kier alpha value is -3.43. The van der Waals surface area contributed by atoms with Crippen LogP contribution in [0.25, 0.3) is 0 Å². The van der Waals surface area contributed by atoms with Gasteiger partial charge >= 0.3 is 0 Å². The zero-order valence-corrected chi connectivity index (χ0v) is 17.5. The summed E-state index contributed by atoms with van der Waals surface area (Å²) in [6.45, 7) is 1.95. The number of amides is 1. The number of rotatable bonds is 9. The molecular formula is C22H21FN2O5S. The van der Waals surface area contributed by atoms with E-state index in [1.807, 2.05) is 6.92 Å². The minimum atomic E-state index is -4.14. The van der Waals surface area contributed by atoms with E-state index < -0.39 is 33.2 Å². The van der Waals surface area contributed by atoms with E-state index in [1.54, 1.807) is 48.5 Å². The summed E-state index contributed by atoms with van der Waals surface area (Å²) in [5, 5.41) is 2.56. The van der Waals surface area contributed by atoms with E-state index in [4.69, 9.17) is 9.47 Å². The Balaban J connectivity index is 1.53. The summed E-state index contributed by atoms with van der Waals surface area (Å²) < 4.78 is 51.1. The van der Waals surface area contributed by atoms with Crippen molar-refractivity contribution in [3.05, 3.63) is 78.6 Å². The molecule has 3 aromatic carbocycles. The molecule has 0 aromatic heterocycles. The molecule has 0 saturated carbocycles. The maximum absolute atomic E-state index is 13.7. The minimum absolute atomic E-state index is 0.453. The third kappa shape index (κ3) is 6.27. The van der Waals surface area contributed by atoms with E-state index in [2.05, 4.69) is 10.0 Å². The van der Waals surface area contributed by atoms with Gasteiger partial charge in [-0.15, -0.1) is 0 Å². The Bertz CT molecular complexity index is 1130. The molecule has 31 heavy (non-hydrogen) atoms. The van der Waals surface area contributed by atoms with Gasteiger partial charge in [0.15, 0.2) is 0 Å². The van der Waals surface area contributed by atoms with Crippen LogP contribution in [0.4, 0.5) is 10.1 Å². The van der Waals surface area contributed by atoms with Gasteiger partial charge in [0.05, 0.1) is 13.2 Å². The molecule has 2 N–H and O–H groups in total. The first-order valence-corrected chi connectivity index (χ1v) is 10.9. The smallest absolute Gasteiger partial charge is 0.243 e. The Labute approximate surface area is 179 Å². The summed E-state index contributed by atoms with van der Waals surface area (Å²) in [5.41, 5.74) is 0.453. The van der Waals surface area contributed by atoms with Crippen molar-refractivity contribution in [2.24, 2.45) is 0 Å². The van der Waals surface area contributed by atoms with Gasteiger partial charge in [-0.2, -0.15) is 0 Å². The number of benzene rings is 3. The summed E-state index contributed by atoms with van der Waals surface area (Å²) in [7, 11) is -4.14. The number of carbonyl (C=O) groups is 1. The summed E-state index contributed by atoms with van der Waals surface area (Å²) in [6, 6.07) is 18.7. The quantitative estimate of drug-likeness (QED) is 0.522. The third-order valence-electron chi connectivity index (χ3n) is 4.06. The van der Waals surface area contributed by atoms with Crippen molar-refractivity contribution in [3.8, 4) is 17.2 Å². The molecule has 0 aliphatic heterocycles. The van der Waals surface area contributed by atoms with Crippen molar-refractivity contribution in [1.82, 2.24) is 4.72 Å². The first-order valence-electron chi connectivity index (χ1n) is 9.42. The number of ether oxygens (including phenoxy) is 2. The second-order valence-electron chi connectivity index (χ2n) is 6.33. The Kier molecular flexibility index (Phi) is 7.22. The van der Waals surface area contributed by atoms with Crippen LogP contribution in [0.15, 0.2) is 77.7 Å². The molecule has 9 heteroatoms. The molecule has 0 heterocycles. The first-order chi connectivity index (χ1) is 14.9. The molecule has 7 nitrogen and oxygen atoms in total. The number of hydrogen-bond acceptors (Lipinski definition) is 5. The van der Waals surface area contributed by atoms with Gasteiger partial charge in [-0.25, -0.2) is 17.5 Å². The fourth-order valence-electron chi connectivity index (χ4n) is 2.62. The summed E-state index contributed by atoms with van der Waals surface area (Å²) in [6.07, 6.45) is 0. The summed E-state index contributed by atoms with van der Waals surface area (Å²) in [5.74, 6) is 0.447. The van der Waals surface area contributed by atoms with Crippen molar-refractivity contribution in [2.45, 2.75) is 11.8 Å². The average Bonchev–Trinajstić information content (AvgIpc) is 2.76. The van der Waals surface area contributed by atoms with Gasteiger partial charge in [0.2, 0.25) is 15.9 Å². The molecule has 0 radical (unpaired) electrons. The van der Waals surface area contributed by atoms with E-state index >= 15 is 0 Å². The summed E-state index contributed by atoms with van der Waals surface area (Å²) >= 11 is 0. The van der Waals surface area contributed by atoms with Gasteiger partial charge in [0.25, 0.3) is 0 Å². The number of nitrogens with one attached hydrogen (secondary N) is 2. The first kappa shape index (κ1) is 22.3. The molecule has 0 unspecified atom stereocenters. The van der Waals surface area contributed by atoms with Crippen LogP contribution in [0.1, 0.15) is 6.92 Å². The molecule has 3 rings (SSSR count). The highest BCUT2D eigenvalue weighted by molar-refractivity contribution is 7.89. The maximum atomic E-state index is 13.7. The molecule has 0 fully saturated rings. The second-order valence-corrected chi connectivity index (χ2v) is 8.07. The van der Waals surface area contributed by atoms with Crippen molar-refractivity contribution in [3.63, 3.8) is 0 Å². The number of carbonyl (C=O) groups excluding carboxylic acids is 1. The van der Waals surface area contributed by atoms with Crippen LogP contribution < -0.4 is 19.5 Å². The van der Waals surface area contributed by atoms with Gasteiger partial charge in [-0.3, -0.25) is 4.79 Å². The molecule has 0 spiro atoms. The lowest BCUT2D eigenvalue weighted by atomic mass is 10.3. The number of sulfonamides is 1. The molecule has 0 saturated heterocycles. The van der Waals surface area contributed by atoms with E-state index in [0.717, 1.165) is 17.9 Å². The van der Waals surface area contributed by atoms with Crippen molar-refractivity contribution in [1.29, 1.82) is 0 Å². The Morgan fingerprint density at radius 3 is 2.10 bits per heavy atom. The lowest BCUT2D eigenvalue weighted by molar-refractivity contribution is -0.115. The molecule has 3 aromatic rings. The van der Waals surface area contributed by atoms with E-state index in [0.29, 0.717) is 23.8 Å². The molecule has 1 amide bonds. The molecule has 162 valence electrons. The zero-order valence-electron chi connectivity index (χ0n) is 16.7. The van der Waals surface area contributed by atoms with Crippen LogP contribution in [0, 0.1) is 5.82 Å². The highest BCUT2D eigenvalue weighted by Gasteiger charge is 2.19. The largest absolute Gasteiger partial charge is 0.494 e. The standard InChI is InChI=1S/C22H21FN2O5S/c1-2-29-17-11-13-19(14-12-17)30-18-9-7-16(8-10-18)25-22(26)15-24-31(27,28)21-6-4-3-5-20(21)23/h3-14,24H,2,15H2,1H3,(H,25,26). The lowest BCUT2D eigenvalue weighted by Gasteiger charge is -2.10. The fourth-order valence-corrected chi connectivity index (χ4v) is 3.68. The lowest BCUT2D eigenvalue weighted by Crippen LogP contribution is -2.33. The molecule has 0 atom stereocenters. The summed E-state index contributed by atoms with van der Waals surface area (Å²) in [4.78, 5) is 11.5. The predicted molar refractivity (Wildman–Crippen MR) is 114 cm³/mol. The predicted octanol–water partition coefficient (Wildman–Crippen LogP) is 3.93.